The third kappa shape index (κ3) is 3.58. The van der Waals surface area contributed by atoms with E-state index in [9.17, 15) is 0 Å². The van der Waals surface area contributed by atoms with Crippen molar-refractivity contribution in [3.8, 4) is 17.0 Å². The lowest BCUT2D eigenvalue weighted by atomic mass is 10.1. The molecule has 0 saturated heterocycles. The maximum Gasteiger partial charge on any atom is 0.118 e. The van der Waals surface area contributed by atoms with Crippen LogP contribution < -0.4 is 10.1 Å². The number of methoxy groups -OCH3 is 1. The zero-order chi connectivity index (χ0) is 17.8. The van der Waals surface area contributed by atoms with Crippen LogP contribution in [0.3, 0.4) is 0 Å². The molecule has 0 spiro atoms. The van der Waals surface area contributed by atoms with Gasteiger partial charge in [0.25, 0.3) is 0 Å². The highest BCUT2D eigenvalue weighted by Crippen LogP contribution is 2.24. The van der Waals surface area contributed by atoms with E-state index in [1.54, 1.807) is 19.5 Å². The Morgan fingerprint density at radius 3 is 2.77 bits per heavy atom. The summed E-state index contributed by atoms with van der Waals surface area (Å²) in [6.45, 7) is 2.76. The largest absolute Gasteiger partial charge is 0.497 e. The van der Waals surface area contributed by atoms with E-state index >= 15 is 0 Å². The fraction of sp³-hybridized carbons (Fsp3) is 0.316. The summed E-state index contributed by atoms with van der Waals surface area (Å²) in [5.41, 5.74) is 4.11. The monoisotopic (exact) mass is 351 g/mol. The van der Waals surface area contributed by atoms with Gasteiger partial charge in [-0.1, -0.05) is 17.3 Å². The van der Waals surface area contributed by atoms with Crippen molar-refractivity contribution in [3.05, 3.63) is 60.0 Å². The number of hydrogen-bond acceptors (Lipinski definition) is 6. The molecule has 0 saturated carbocycles. The molecule has 0 radical (unpaired) electrons. The minimum Gasteiger partial charge on any atom is -0.497 e. The highest BCUT2D eigenvalue weighted by molar-refractivity contribution is 5.60. The second-order valence-electron chi connectivity index (χ2n) is 6.21. The van der Waals surface area contributed by atoms with Gasteiger partial charge in [0.05, 0.1) is 32.1 Å². The molecular formula is C19H21N5O2. The van der Waals surface area contributed by atoms with Crippen LogP contribution in [0.1, 0.15) is 11.3 Å². The Morgan fingerprint density at radius 2 is 2.00 bits per heavy atom. The molecule has 1 N–H and O–H groups in total. The van der Waals surface area contributed by atoms with Gasteiger partial charge in [0, 0.05) is 31.0 Å². The standard InChI is InChI=1S/C19H21N5O2/c1-25-16-4-2-14(3-5-16)10-21-11-17-12-24-18(13-26-17)19(22-23-24)15-6-8-20-9-7-15/h2-9,17,21H,10-13H2,1H3/t17-/m0/s1. The minimum atomic E-state index is 0.0766. The van der Waals surface area contributed by atoms with Crippen LogP contribution in [0.2, 0.25) is 0 Å². The number of rotatable bonds is 6. The summed E-state index contributed by atoms with van der Waals surface area (Å²) in [5, 5.41) is 12.1. The topological polar surface area (TPSA) is 74.1 Å². The molecule has 0 amide bonds. The molecule has 3 aromatic rings. The summed E-state index contributed by atoms with van der Waals surface area (Å²) in [5.74, 6) is 0.869. The molecule has 1 aliphatic rings. The van der Waals surface area contributed by atoms with E-state index < -0.39 is 0 Å². The molecular weight excluding hydrogens is 330 g/mol. The van der Waals surface area contributed by atoms with E-state index in [1.807, 2.05) is 28.9 Å². The summed E-state index contributed by atoms with van der Waals surface area (Å²) in [7, 11) is 1.67. The van der Waals surface area contributed by atoms with E-state index in [0.717, 1.165) is 35.8 Å². The van der Waals surface area contributed by atoms with Crippen LogP contribution in [0.4, 0.5) is 0 Å². The third-order valence-electron chi connectivity index (χ3n) is 4.48. The van der Waals surface area contributed by atoms with Gasteiger partial charge in [-0.15, -0.1) is 5.10 Å². The SMILES string of the molecule is COc1ccc(CNC[C@H]2Cn3nnc(-c4ccncc4)c3CO2)cc1. The average molecular weight is 351 g/mol. The second kappa shape index (κ2) is 7.63. The molecule has 2 aromatic heterocycles. The maximum absolute atomic E-state index is 6.00. The molecule has 134 valence electrons. The molecule has 1 aliphatic heterocycles. The van der Waals surface area contributed by atoms with Gasteiger partial charge in [-0.2, -0.15) is 0 Å². The first kappa shape index (κ1) is 16.7. The van der Waals surface area contributed by atoms with Crippen LogP contribution in [0.25, 0.3) is 11.3 Å². The highest BCUT2D eigenvalue weighted by atomic mass is 16.5. The van der Waals surface area contributed by atoms with Crippen molar-refractivity contribution in [3.63, 3.8) is 0 Å². The zero-order valence-electron chi connectivity index (χ0n) is 14.6. The van der Waals surface area contributed by atoms with Crippen LogP contribution in [0, 0.1) is 0 Å². The van der Waals surface area contributed by atoms with Gasteiger partial charge < -0.3 is 14.8 Å². The van der Waals surface area contributed by atoms with Gasteiger partial charge in [0.1, 0.15) is 11.4 Å². The number of ether oxygens (including phenoxy) is 2. The van der Waals surface area contributed by atoms with Gasteiger partial charge in [0.15, 0.2) is 0 Å². The molecule has 26 heavy (non-hydrogen) atoms. The smallest absolute Gasteiger partial charge is 0.118 e. The molecule has 7 nitrogen and oxygen atoms in total. The number of aromatic nitrogens is 4. The fourth-order valence-electron chi connectivity index (χ4n) is 3.04. The van der Waals surface area contributed by atoms with E-state index in [4.69, 9.17) is 9.47 Å². The molecule has 4 rings (SSSR count). The number of fused-ring (bicyclic) bond motifs is 1. The Labute approximate surface area is 152 Å². The second-order valence-corrected chi connectivity index (χ2v) is 6.21. The van der Waals surface area contributed by atoms with Crippen molar-refractivity contribution in [2.75, 3.05) is 13.7 Å². The lowest BCUT2D eigenvalue weighted by Crippen LogP contribution is -2.36. The summed E-state index contributed by atoms with van der Waals surface area (Å²) in [4.78, 5) is 4.05. The molecule has 0 aliphatic carbocycles. The Hall–Kier alpha value is -2.77. The van der Waals surface area contributed by atoms with Crippen molar-refractivity contribution in [2.24, 2.45) is 0 Å². The normalized spacial score (nSPS) is 16.3. The van der Waals surface area contributed by atoms with Crippen LogP contribution in [-0.2, 0) is 24.4 Å². The van der Waals surface area contributed by atoms with Crippen molar-refractivity contribution < 1.29 is 9.47 Å². The van der Waals surface area contributed by atoms with Crippen LogP contribution in [0.15, 0.2) is 48.8 Å². The third-order valence-corrected chi connectivity index (χ3v) is 4.48. The van der Waals surface area contributed by atoms with E-state index in [-0.39, 0.29) is 6.10 Å². The van der Waals surface area contributed by atoms with Crippen molar-refractivity contribution in [1.82, 2.24) is 25.3 Å². The molecule has 0 bridgehead atoms. The number of nitrogens with one attached hydrogen (secondary N) is 1. The highest BCUT2D eigenvalue weighted by Gasteiger charge is 2.24. The zero-order valence-corrected chi connectivity index (χ0v) is 14.6. The van der Waals surface area contributed by atoms with Crippen LogP contribution in [-0.4, -0.2) is 39.7 Å². The van der Waals surface area contributed by atoms with Gasteiger partial charge in [-0.3, -0.25) is 4.98 Å². The fourth-order valence-corrected chi connectivity index (χ4v) is 3.04. The Bertz CT molecular complexity index is 848. The van der Waals surface area contributed by atoms with Gasteiger partial charge in [-0.05, 0) is 29.8 Å². The number of nitrogens with zero attached hydrogens (tertiary/aromatic N) is 4. The number of pyridine rings is 1. The van der Waals surface area contributed by atoms with E-state index in [0.29, 0.717) is 13.2 Å². The average Bonchev–Trinajstić information content (AvgIpc) is 3.12. The van der Waals surface area contributed by atoms with Crippen LogP contribution in [0.5, 0.6) is 5.75 Å². The lowest BCUT2D eigenvalue weighted by Gasteiger charge is -2.24. The summed E-state index contributed by atoms with van der Waals surface area (Å²) in [6.07, 6.45) is 3.60. The predicted molar refractivity (Wildman–Crippen MR) is 96.5 cm³/mol. The Balaban J connectivity index is 1.33. The van der Waals surface area contributed by atoms with Crippen molar-refractivity contribution in [1.29, 1.82) is 0 Å². The van der Waals surface area contributed by atoms with Gasteiger partial charge in [-0.25, -0.2) is 4.68 Å². The first-order chi connectivity index (χ1) is 12.8. The molecule has 1 atom stereocenters. The summed E-state index contributed by atoms with van der Waals surface area (Å²) >= 11 is 0. The molecule has 7 heteroatoms. The van der Waals surface area contributed by atoms with E-state index in [2.05, 4.69) is 32.7 Å². The maximum atomic E-state index is 6.00. The lowest BCUT2D eigenvalue weighted by molar-refractivity contribution is 0.00125. The quantitative estimate of drug-likeness (QED) is 0.733. The Morgan fingerprint density at radius 1 is 1.19 bits per heavy atom. The molecule has 0 fully saturated rings. The van der Waals surface area contributed by atoms with Crippen molar-refractivity contribution in [2.45, 2.75) is 25.8 Å². The van der Waals surface area contributed by atoms with Crippen LogP contribution >= 0.6 is 0 Å². The Kier molecular flexibility index (Phi) is 4.90. The summed E-state index contributed by atoms with van der Waals surface area (Å²) in [6, 6.07) is 11.9. The minimum absolute atomic E-state index is 0.0766. The first-order valence-electron chi connectivity index (χ1n) is 8.61. The predicted octanol–water partition coefficient (Wildman–Crippen LogP) is 2.04. The van der Waals surface area contributed by atoms with Gasteiger partial charge in [0.2, 0.25) is 0 Å². The first-order valence-corrected chi connectivity index (χ1v) is 8.61. The molecule has 3 heterocycles. The molecule has 0 unspecified atom stereocenters. The van der Waals surface area contributed by atoms with Gasteiger partial charge >= 0.3 is 0 Å². The number of benzene rings is 1. The van der Waals surface area contributed by atoms with E-state index in [1.165, 1.54) is 5.56 Å². The number of hydrogen-bond donors (Lipinski definition) is 1. The van der Waals surface area contributed by atoms with Crippen molar-refractivity contribution >= 4 is 0 Å². The molecule has 1 aromatic carbocycles. The summed E-state index contributed by atoms with van der Waals surface area (Å²) < 4.78 is 13.1.